The first-order valence-corrected chi connectivity index (χ1v) is 9.92. The summed E-state index contributed by atoms with van der Waals surface area (Å²) < 4.78 is 15.3. The van der Waals surface area contributed by atoms with Gasteiger partial charge in [-0.05, 0) is 55.7 Å². The minimum Gasteiger partial charge on any atom is -0.331 e. The Balaban J connectivity index is 1.59. The third-order valence-electron chi connectivity index (χ3n) is 5.71. The van der Waals surface area contributed by atoms with E-state index in [4.69, 9.17) is 16.9 Å². The molecule has 1 aromatic heterocycles. The van der Waals surface area contributed by atoms with Gasteiger partial charge in [0.05, 0.1) is 30.4 Å². The van der Waals surface area contributed by atoms with E-state index in [1.54, 1.807) is 24.3 Å². The van der Waals surface area contributed by atoms with E-state index in [1.165, 1.54) is 4.90 Å². The number of rotatable bonds is 3. The number of hydrogen-bond acceptors (Lipinski definition) is 3. The maximum Gasteiger partial charge on any atom is 0.254 e. The summed E-state index contributed by atoms with van der Waals surface area (Å²) in [5.41, 5.74) is 4.03. The molecule has 0 spiro atoms. The van der Waals surface area contributed by atoms with E-state index in [1.807, 2.05) is 39.0 Å². The van der Waals surface area contributed by atoms with Crippen molar-refractivity contribution in [2.24, 2.45) is 0 Å². The van der Waals surface area contributed by atoms with Crippen LogP contribution in [0.5, 0.6) is 0 Å². The molecule has 0 radical (unpaired) electrons. The third kappa shape index (κ3) is 3.25. The number of nitrogens with zero attached hydrogens (tertiary/aromatic N) is 3. The van der Waals surface area contributed by atoms with E-state index in [0.717, 1.165) is 22.3 Å². The number of amides is 1. The summed E-state index contributed by atoms with van der Waals surface area (Å²) in [4.78, 5) is 14.6. The minimum atomic E-state index is -1.60. The van der Waals surface area contributed by atoms with Crippen LogP contribution in [0.15, 0.2) is 36.4 Å². The van der Waals surface area contributed by atoms with Crippen molar-refractivity contribution in [2.75, 3.05) is 13.1 Å². The minimum absolute atomic E-state index is 0.0202. The fourth-order valence-electron chi connectivity index (χ4n) is 3.88. The van der Waals surface area contributed by atoms with Gasteiger partial charge in [0.15, 0.2) is 5.67 Å². The number of carbonyl (C=O) groups excluding carboxylic acids is 1. The van der Waals surface area contributed by atoms with E-state index in [0.29, 0.717) is 27.5 Å². The fraction of sp³-hybridized carbons (Fsp3) is 0.261. The average molecular weight is 423 g/mol. The van der Waals surface area contributed by atoms with E-state index < -0.39 is 5.67 Å². The Bertz CT molecular complexity index is 1190. The van der Waals surface area contributed by atoms with Crippen LogP contribution in [0.4, 0.5) is 4.39 Å². The van der Waals surface area contributed by atoms with Gasteiger partial charge in [-0.2, -0.15) is 10.4 Å². The van der Waals surface area contributed by atoms with Crippen molar-refractivity contribution in [1.82, 2.24) is 15.1 Å². The maximum atomic E-state index is 15.3. The highest BCUT2D eigenvalue weighted by Gasteiger charge is 2.47. The first kappa shape index (κ1) is 20.1. The molecule has 3 aromatic rings. The van der Waals surface area contributed by atoms with Gasteiger partial charge in [-0.25, -0.2) is 4.39 Å². The third-order valence-corrected chi connectivity index (χ3v) is 6.08. The Morgan fingerprint density at radius 1 is 1.20 bits per heavy atom. The van der Waals surface area contributed by atoms with Gasteiger partial charge >= 0.3 is 0 Å². The summed E-state index contributed by atoms with van der Waals surface area (Å²) >= 11 is 6.10. The molecule has 0 saturated carbocycles. The van der Waals surface area contributed by atoms with Crippen molar-refractivity contribution in [3.05, 3.63) is 74.9 Å². The van der Waals surface area contributed by atoms with Gasteiger partial charge in [0.1, 0.15) is 5.15 Å². The molecular weight excluding hydrogens is 403 g/mol. The molecule has 152 valence electrons. The number of halogens is 2. The molecule has 1 aliphatic heterocycles. The molecule has 0 unspecified atom stereocenters. The second-order valence-corrected chi connectivity index (χ2v) is 8.19. The van der Waals surface area contributed by atoms with Gasteiger partial charge in [-0.15, -0.1) is 0 Å². The van der Waals surface area contributed by atoms with Crippen molar-refractivity contribution in [2.45, 2.75) is 26.4 Å². The molecule has 1 saturated heterocycles. The Labute approximate surface area is 179 Å². The summed E-state index contributed by atoms with van der Waals surface area (Å²) in [5.74, 6) is -0.213. The van der Waals surface area contributed by atoms with Crippen LogP contribution >= 0.6 is 11.6 Å². The molecular formula is C23H20ClFN4O. The molecule has 0 aliphatic carbocycles. The fourth-order valence-corrected chi connectivity index (χ4v) is 4.01. The van der Waals surface area contributed by atoms with Gasteiger partial charge in [-0.3, -0.25) is 9.89 Å². The number of hydrogen-bond donors (Lipinski definition) is 1. The zero-order valence-corrected chi connectivity index (χ0v) is 17.6. The number of nitriles is 1. The lowest BCUT2D eigenvalue weighted by Crippen LogP contribution is -2.58. The molecule has 2 heterocycles. The van der Waals surface area contributed by atoms with E-state index >= 15 is 4.39 Å². The maximum absolute atomic E-state index is 15.3. The second-order valence-electron chi connectivity index (χ2n) is 7.81. The highest BCUT2D eigenvalue weighted by atomic mass is 35.5. The number of aryl methyl sites for hydroxylation is 2. The summed E-state index contributed by atoms with van der Waals surface area (Å²) in [7, 11) is 0. The van der Waals surface area contributed by atoms with E-state index in [2.05, 4.69) is 10.2 Å². The predicted octanol–water partition coefficient (Wildman–Crippen LogP) is 4.85. The molecule has 1 amide bonds. The molecule has 5 nitrogen and oxygen atoms in total. The van der Waals surface area contributed by atoms with Crippen LogP contribution in [0.1, 0.15) is 38.2 Å². The zero-order valence-electron chi connectivity index (χ0n) is 16.9. The molecule has 0 bridgehead atoms. The normalized spacial score (nSPS) is 14.9. The molecule has 0 atom stereocenters. The standard InChI is InChI=1S/C23H20ClFN4O/c1-13-8-14(2)19(9-18(13)20-15(3)21(24)28-27-20)22(30)29-11-23(25,12-29)17-6-4-16(10-26)5-7-17/h4-9H,11-12H2,1-3H3,(H,27,28). The van der Waals surface area contributed by atoms with Gasteiger partial charge in [0.25, 0.3) is 5.91 Å². The molecule has 4 rings (SSSR count). The van der Waals surface area contributed by atoms with Crippen molar-refractivity contribution in [3.63, 3.8) is 0 Å². The number of nitrogens with one attached hydrogen (secondary N) is 1. The molecule has 1 N–H and O–H groups in total. The largest absolute Gasteiger partial charge is 0.331 e. The van der Waals surface area contributed by atoms with Crippen molar-refractivity contribution >= 4 is 17.5 Å². The zero-order chi connectivity index (χ0) is 21.6. The number of carbonyl (C=O) groups is 1. The number of likely N-dealkylation sites (tertiary alicyclic amines) is 1. The Kier molecular flexibility index (Phi) is 4.87. The smallest absolute Gasteiger partial charge is 0.254 e. The van der Waals surface area contributed by atoms with Crippen LogP contribution in [0.2, 0.25) is 5.15 Å². The lowest BCUT2D eigenvalue weighted by atomic mass is 9.86. The summed E-state index contributed by atoms with van der Waals surface area (Å²) in [6.07, 6.45) is 0. The van der Waals surface area contributed by atoms with Crippen LogP contribution in [0.3, 0.4) is 0 Å². The summed E-state index contributed by atoms with van der Waals surface area (Å²) in [6, 6.07) is 12.2. The van der Waals surface area contributed by atoms with Crippen LogP contribution < -0.4 is 0 Å². The van der Waals surface area contributed by atoms with Crippen LogP contribution in [-0.2, 0) is 5.67 Å². The van der Waals surface area contributed by atoms with Crippen molar-refractivity contribution in [3.8, 4) is 17.3 Å². The quantitative estimate of drug-likeness (QED) is 0.655. The number of benzene rings is 2. The topological polar surface area (TPSA) is 72.8 Å². The predicted molar refractivity (Wildman–Crippen MR) is 113 cm³/mol. The average Bonchev–Trinajstić information content (AvgIpc) is 3.04. The van der Waals surface area contributed by atoms with Crippen LogP contribution in [0, 0.1) is 32.1 Å². The monoisotopic (exact) mass is 422 g/mol. The first-order valence-electron chi connectivity index (χ1n) is 9.54. The lowest BCUT2D eigenvalue weighted by Gasteiger charge is -2.45. The molecule has 1 fully saturated rings. The highest BCUT2D eigenvalue weighted by Crippen LogP contribution is 2.38. The van der Waals surface area contributed by atoms with Gasteiger partial charge < -0.3 is 4.90 Å². The van der Waals surface area contributed by atoms with Gasteiger partial charge in [-0.1, -0.05) is 29.8 Å². The van der Waals surface area contributed by atoms with Crippen molar-refractivity contribution in [1.29, 1.82) is 5.26 Å². The van der Waals surface area contributed by atoms with Gasteiger partial charge in [0.2, 0.25) is 0 Å². The Morgan fingerprint density at radius 3 is 2.43 bits per heavy atom. The SMILES string of the molecule is Cc1cc(C)c(-c2n[nH]c(Cl)c2C)cc1C(=O)N1CC(F)(c2ccc(C#N)cc2)C1. The van der Waals surface area contributed by atoms with Crippen molar-refractivity contribution < 1.29 is 9.18 Å². The molecule has 2 aromatic carbocycles. The summed E-state index contributed by atoms with van der Waals surface area (Å²) in [6.45, 7) is 5.66. The van der Waals surface area contributed by atoms with E-state index in [9.17, 15) is 4.79 Å². The second kappa shape index (κ2) is 7.26. The first-order chi connectivity index (χ1) is 14.2. The lowest BCUT2D eigenvalue weighted by molar-refractivity contribution is -0.0231. The molecule has 30 heavy (non-hydrogen) atoms. The number of aromatic amines is 1. The Hall–Kier alpha value is -3.17. The Morgan fingerprint density at radius 2 is 1.87 bits per heavy atom. The molecule has 1 aliphatic rings. The summed E-state index contributed by atoms with van der Waals surface area (Å²) in [5, 5.41) is 16.4. The van der Waals surface area contributed by atoms with Gasteiger partial charge in [0, 0.05) is 16.7 Å². The van der Waals surface area contributed by atoms with E-state index in [-0.39, 0.29) is 19.0 Å². The molecule has 7 heteroatoms. The highest BCUT2D eigenvalue weighted by molar-refractivity contribution is 6.30. The number of alkyl halides is 1. The number of H-pyrrole nitrogens is 1. The van der Waals surface area contributed by atoms with Crippen LogP contribution in [0.25, 0.3) is 11.3 Å². The number of aromatic nitrogens is 2. The van der Waals surface area contributed by atoms with Crippen LogP contribution in [-0.4, -0.2) is 34.1 Å².